The highest BCUT2D eigenvalue weighted by atomic mass is 14.6. The minimum Gasteiger partial charge on any atom is -0.328 e. The topological polar surface area (TPSA) is 26.0 Å². The molecule has 0 aromatic carbocycles. The van der Waals surface area contributed by atoms with Crippen molar-refractivity contribution in [2.75, 3.05) is 0 Å². The summed E-state index contributed by atoms with van der Waals surface area (Å²) in [6.45, 7) is 0. The summed E-state index contributed by atoms with van der Waals surface area (Å²) in [5.41, 5.74) is 5.91. The molecular weight excluding hydrogens is 134 g/mol. The van der Waals surface area contributed by atoms with Gasteiger partial charge in [-0.2, -0.15) is 0 Å². The van der Waals surface area contributed by atoms with E-state index in [0.29, 0.717) is 6.04 Å². The van der Waals surface area contributed by atoms with E-state index in [-0.39, 0.29) is 0 Å². The van der Waals surface area contributed by atoms with Crippen molar-refractivity contribution in [3.05, 3.63) is 12.2 Å². The maximum atomic E-state index is 5.91. The minimum atomic E-state index is 0.485. The molecule has 11 heavy (non-hydrogen) atoms. The predicted octanol–water partition coefficient (Wildman–Crippen LogP) is 2.08. The number of allylic oxidation sites excluding steroid dienone is 2. The second kappa shape index (κ2) is 2.98. The summed E-state index contributed by atoms with van der Waals surface area (Å²) in [5, 5.41) is 0. The predicted molar refractivity (Wildman–Crippen MR) is 47.2 cm³/mol. The van der Waals surface area contributed by atoms with Crippen LogP contribution in [0, 0.1) is 11.8 Å². The van der Waals surface area contributed by atoms with E-state index < -0.39 is 0 Å². The van der Waals surface area contributed by atoms with Crippen LogP contribution in [-0.4, -0.2) is 6.04 Å². The van der Waals surface area contributed by atoms with Gasteiger partial charge in [0.2, 0.25) is 0 Å². The molecule has 0 saturated heterocycles. The molecule has 0 aromatic heterocycles. The Balaban J connectivity index is 2.03. The van der Waals surface area contributed by atoms with E-state index in [4.69, 9.17) is 5.73 Å². The van der Waals surface area contributed by atoms with Crippen LogP contribution >= 0.6 is 0 Å². The Hall–Kier alpha value is -0.300. The van der Waals surface area contributed by atoms with Crippen LogP contribution in [0.2, 0.25) is 0 Å². The lowest BCUT2D eigenvalue weighted by Gasteiger charge is -2.35. The van der Waals surface area contributed by atoms with Crippen molar-refractivity contribution in [3.8, 4) is 0 Å². The van der Waals surface area contributed by atoms with Gasteiger partial charge >= 0.3 is 0 Å². The fraction of sp³-hybridized carbons (Fsp3) is 0.800. The highest BCUT2D eigenvalue weighted by Gasteiger charge is 2.27. The van der Waals surface area contributed by atoms with Crippen LogP contribution in [0.15, 0.2) is 12.2 Å². The maximum absolute atomic E-state index is 5.91. The molecule has 0 aliphatic heterocycles. The highest BCUT2D eigenvalue weighted by Crippen LogP contribution is 2.36. The van der Waals surface area contributed by atoms with Crippen molar-refractivity contribution < 1.29 is 0 Å². The molecule has 0 amide bonds. The largest absolute Gasteiger partial charge is 0.328 e. The second-order valence-electron chi connectivity index (χ2n) is 4.00. The van der Waals surface area contributed by atoms with Gasteiger partial charge in [0.15, 0.2) is 0 Å². The van der Waals surface area contributed by atoms with Crippen molar-refractivity contribution in [3.63, 3.8) is 0 Å². The van der Waals surface area contributed by atoms with Gasteiger partial charge in [0.25, 0.3) is 0 Å². The molecule has 62 valence electrons. The van der Waals surface area contributed by atoms with Crippen LogP contribution in [0.5, 0.6) is 0 Å². The quantitative estimate of drug-likeness (QED) is 0.527. The number of fused-ring (bicyclic) bond motifs is 1. The number of rotatable bonds is 0. The Morgan fingerprint density at radius 2 is 2.09 bits per heavy atom. The van der Waals surface area contributed by atoms with Crippen LogP contribution in [-0.2, 0) is 0 Å². The van der Waals surface area contributed by atoms with E-state index >= 15 is 0 Å². The molecule has 1 saturated carbocycles. The van der Waals surface area contributed by atoms with Gasteiger partial charge in [-0.1, -0.05) is 12.2 Å². The Bertz CT molecular complexity index is 162. The van der Waals surface area contributed by atoms with Gasteiger partial charge in [0.05, 0.1) is 0 Å². The number of nitrogens with two attached hydrogens (primary N) is 1. The molecular formula is C10H17N. The van der Waals surface area contributed by atoms with Gasteiger partial charge in [-0.25, -0.2) is 0 Å². The van der Waals surface area contributed by atoms with E-state index in [0.717, 1.165) is 11.8 Å². The van der Waals surface area contributed by atoms with E-state index in [1.54, 1.807) is 0 Å². The fourth-order valence-electron chi connectivity index (χ4n) is 2.48. The molecule has 0 heterocycles. The first-order valence-corrected chi connectivity index (χ1v) is 4.78. The molecule has 2 aliphatic carbocycles. The molecule has 0 aromatic rings. The summed E-state index contributed by atoms with van der Waals surface area (Å²) >= 11 is 0. The van der Waals surface area contributed by atoms with Crippen LogP contribution in [0.4, 0.5) is 0 Å². The third-order valence-corrected chi connectivity index (χ3v) is 3.18. The summed E-state index contributed by atoms with van der Waals surface area (Å²) in [4.78, 5) is 0. The smallest absolute Gasteiger partial charge is 0.00446 e. The van der Waals surface area contributed by atoms with Gasteiger partial charge in [0, 0.05) is 6.04 Å². The van der Waals surface area contributed by atoms with E-state index in [9.17, 15) is 0 Å². The second-order valence-corrected chi connectivity index (χ2v) is 4.00. The van der Waals surface area contributed by atoms with Gasteiger partial charge in [-0.05, 0) is 43.9 Å². The maximum Gasteiger partial charge on any atom is 0.00446 e. The highest BCUT2D eigenvalue weighted by molar-refractivity contribution is 5.00. The molecule has 3 unspecified atom stereocenters. The first kappa shape index (κ1) is 7.35. The molecule has 0 radical (unpaired) electrons. The fourth-order valence-corrected chi connectivity index (χ4v) is 2.48. The summed E-state index contributed by atoms with van der Waals surface area (Å²) in [6.07, 6.45) is 11.3. The molecule has 1 heteroatoms. The van der Waals surface area contributed by atoms with Gasteiger partial charge < -0.3 is 5.73 Å². The van der Waals surface area contributed by atoms with Crippen molar-refractivity contribution in [1.29, 1.82) is 0 Å². The van der Waals surface area contributed by atoms with Gasteiger partial charge in [0.1, 0.15) is 0 Å². The zero-order valence-corrected chi connectivity index (χ0v) is 7.00. The first-order valence-electron chi connectivity index (χ1n) is 4.78. The van der Waals surface area contributed by atoms with E-state index in [1.807, 2.05) is 0 Å². The Morgan fingerprint density at radius 3 is 3.00 bits per heavy atom. The molecule has 1 fully saturated rings. The zero-order chi connectivity index (χ0) is 7.68. The SMILES string of the molecule is NC1CCC2CCC=CC2C1. The lowest BCUT2D eigenvalue weighted by atomic mass is 9.73. The van der Waals surface area contributed by atoms with Gasteiger partial charge in [-0.15, -0.1) is 0 Å². The number of hydrogen-bond acceptors (Lipinski definition) is 1. The van der Waals surface area contributed by atoms with Gasteiger partial charge in [-0.3, -0.25) is 0 Å². The molecule has 0 spiro atoms. The summed E-state index contributed by atoms with van der Waals surface area (Å²) in [6, 6.07) is 0.485. The van der Waals surface area contributed by atoms with Crippen LogP contribution < -0.4 is 5.73 Å². The Kier molecular flexibility index (Phi) is 1.99. The normalized spacial score (nSPS) is 43.5. The molecule has 3 atom stereocenters. The monoisotopic (exact) mass is 151 g/mol. The molecule has 2 rings (SSSR count). The van der Waals surface area contributed by atoms with Crippen molar-refractivity contribution in [1.82, 2.24) is 0 Å². The summed E-state index contributed by atoms with van der Waals surface area (Å²) in [5.74, 6) is 1.80. The van der Waals surface area contributed by atoms with E-state index in [1.165, 1.54) is 32.1 Å². The first-order chi connectivity index (χ1) is 5.36. The Morgan fingerprint density at radius 1 is 1.18 bits per heavy atom. The number of hydrogen-bond donors (Lipinski definition) is 1. The van der Waals surface area contributed by atoms with Crippen molar-refractivity contribution in [2.45, 2.75) is 38.1 Å². The van der Waals surface area contributed by atoms with Crippen LogP contribution in [0.3, 0.4) is 0 Å². The zero-order valence-electron chi connectivity index (χ0n) is 7.00. The molecule has 1 nitrogen and oxygen atoms in total. The third kappa shape index (κ3) is 1.48. The Labute approximate surface area is 68.7 Å². The lowest BCUT2D eigenvalue weighted by Crippen LogP contribution is -2.33. The van der Waals surface area contributed by atoms with Crippen molar-refractivity contribution >= 4 is 0 Å². The molecule has 2 N–H and O–H groups in total. The summed E-state index contributed by atoms with van der Waals surface area (Å²) in [7, 11) is 0. The van der Waals surface area contributed by atoms with Crippen molar-refractivity contribution in [2.24, 2.45) is 17.6 Å². The average Bonchev–Trinajstić information content (AvgIpc) is 2.04. The lowest BCUT2D eigenvalue weighted by molar-refractivity contribution is 0.237. The third-order valence-electron chi connectivity index (χ3n) is 3.18. The molecule has 0 bridgehead atoms. The van der Waals surface area contributed by atoms with Crippen LogP contribution in [0.1, 0.15) is 32.1 Å². The standard InChI is InChI=1S/C10H17N/c11-10-6-5-8-3-1-2-4-9(8)7-10/h2,4,8-10H,1,3,5-7,11H2. The van der Waals surface area contributed by atoms with E-state index in [2.05, 4.69) is 12.2 Å². The summed E-state index contributed by atoms with van der Waals surface area (Å²) < 4.78 is 0. The molecule has 2 aliphatic rings. The minimum absolute atomic E-state index is 0.485. The van der Waals surface area contributed by atoms with Crippen LogP contribution in [0.25, 0.3) is 0 Å². The average molecular weight is 151 g/mol.